The van der Waals surface area contributed by atoms with Gasteiger partial charge in [0.2, 0.25) is 0 Å². The van der Waals surface area contributed by atoms with Crippen LogP contribution in [0.2, 0.25) is 0 Å². The van der Waals surface area contributed by atoms with Crippen LogP contribution in [0.15, 0.2) is 18.2 Å². The third kappa shape index (κ3) is 2.20. The van der Waals surface area contributed by atoms with E-state index in [9.17, 15) is 4.79 Å². The highest BCUT2D eigenvalue weighted by Crippen LogP contribution is 2.23. The maximum Gasteiger partial charge on any atom is 0.263 e. The van der Waals surface area contributed by atoms with Crippen molar-refractivity contribution in [2.75, 3.05) is 13.8 Å². The van der Waals surface area contributed by atoms with Gasteiger partial charge in [-0.25, -0.2) is 4.98 Å². The zero-order valence-electron chi connectivity index (χ0n) is 9.11. The molecule has 1 N–H and O–H groups in total. The van der Waals surface area contributed by atoms with Crippen molar-refractivity contribution in [1.29, 1.82) is 0 Å². The molecule has 1 amide bonds. The molecule has 2 aromatic heterocycles. The fourth-order valence-corrected chi connectivity index (χ4v) is 2.34. The minimum Gasteiger partial charge on any atom is -0.364 e. The van der Waals surface area contributed by atoms with Crippen LogP contribution in [0, 0.1) is 6.92 Å². The van der Waals surface area contributed by atoms with E-state index in [1.54, 1.807) is 0 Å². The second kappa shape index (κ2) is 4.59. The van der Waals surface area contributed by atoms with Gasteiger partial charge in [0.1, 0.15) is 11.6 Å². The van der Waals surface area contributed by atoms with Crippen molar-refractivity contribution in [3.63, 3.8) is 0 Å². The van der Waals surface area contributed by atoms with Crippen LogP contribution in [0.1, 0.15) is 15.4 Å². The van der Waals surface area contributed by atoms with Crippen LogP contribution >= 0.6 is 11.3 Å². The van der Waals surface area contributed by atoms with Gasteiger partial charge in [-0.3, -0.25) is 4.79 Å². The Labute approximate surface area is 97.3 Å². The number of nitrogens with one attached hydrogen (secondary N) is 1. The lowest BCUT2D eigenvalue weighted by molar-refractivity contribution is 0.0876. The first-order valence-electron chi connectivity index (χ1n) is 4.85. The molecule has 0 atom stereocenters. The van der Waals surface area contributed by atoms with E-state index in [0.717, 1.165) is 15.9 Å². The van der Waals surface area contributed by atoms with Gasteiger partial charge in [-0.15, -0.1) is 11.3 Å². The van der Waals surface area contributed by atoms with Gasteiger partial charge >= 0.3 is 0 Å². The summed E-state index contributed by atoms with van der Waals surface area (Å²) in [6.07, 6.45) is 0. The topological polar surface area (TPSA) is 51.2 Å². The summed E-state index contributed by atoms with van der Waals surface area (Å²) >= 11 is 1.39. The first kappa shape index (κ1) is 11.0. The summed E-state index contributed by atoms with van der Waals surface area (Å²) in [6, 6.07) is 5.75. The molecule has 2 aromatic rings. The molecular formula is C11H12N2O2S. The Hall–Kier alpha value is -1.46. The van der Waals surface area contributed by atoms with Gasteiger partial charge in [0.15, 0.2) is 0 Å². The maximum absolute atomic E-state index is 11.6. The van der Waals surface area contributed by atoms with Crippen molar-refractivity contribution >= 4 is 27.5 Å². The fraction of sp³-hybridized carbons (Fsp3) is 0.273. The average Bonchev–Trinajstić information content (AvgIpc) is 2.68. The SMILES string of the molecule is COCNC(=O)c1cc2ccc(C)nc2s1. The number of amides is 1. The number of hydrogen-bond acceptors (Lipinski definition) is 4. The predicted octanol–water partition coefficient (Wildman–Crippen LogP) is 1.94. The summed E-state index contributed by atoms with van der Waals surface area (Å²) in [4.78, 5) is 17.6. The largest absolute Gasteiger partial charge is 0.364 e. The Bertz CT molecular complexity index is 522. The lowest BCUT2D eigenvalue weighted by Crippen LogP contribution is -2.24. The van der Waals surface area contributed by atoms with Crippen LogP contribution in [-0.4, -0.2) is 24.7 Å². The predicted molar refractivity (Wildman–Crippen MR) is 63.7 cm³/mol. The van der Waals surface area contributed by atoms with E-state index in [0.29, 0.717) is 4.88 Å². The second-order valence-electron chi connectivity index (χ2n) is 3.40. The molecule has 0 fully saturated rings. The molecule has 84 valence electrons. The fourth-order valence-electron chi connectivity index (χ4n) is 1.35. The highest BCUT2D eigenvalue weighted by atomic mass is 32.1. The van der Waals surface area contributed by atoms with Crippen molar-refractivity contribution in [3.8, 4) is 0 Å². The molecule has 0 aliphatic rings. The minimum atomic E-state index is -0.123. The summed E-state index contributed by atoms with van der Waals surface area (Å²) in [5.41, 5.74) is 0.957. The van der Waals surface area contributed by atoms with E-state index >= 15 is 0 Å². The molecule has 0 unspecified atom stereocenters. The van der Waals surface area contributed by atoms with Crippen molar-refractivity contribution < 1.29 is 9.53 Å². The van der Waals surface area contributed by atoms with Crippen LogP contribution in [0.5, 0.6) is 0 Å². The van der Waals surface area contributed by atoms with E-state index in [1.165, 1.54) is 18.4 Å². The number of ether oxygens (including phenoxy) is 1. The standard InChI is InChI=1S/C11H12N2O2S/c1-7-3-4-8-5-9(16-11(8)13-7)10(14)12-6-15-2/h3-5H,6H2,1-2H3,(H,12,14). The van der Waals surface area contributed by atoms with Gasteiger partial charge in [-0.1, -0.05) is 6.07 Å². The molecule has 0 saturated heterocycles. The Morgan fingerprint density at radius 3 is 3.12 bits per heavy atom. The Morgan fingerprint density at radius 1 is 1.56 bits per heavy atom. The number of rotatable bonds is 3. The molecule has 0 radical (unpaired) electrons. The molecule has 0 aromatic carbocycles. The van der Waals surface area contributed by atoms with Gasteiger partial charge in [-0.2, -0.15) is 0 Å². The van der Waals surface area contributed by atoms with Crippen molar-refractivity contribution in [2.45, 2.75) is 6.92 Å². The van der Waals surface area contributed by atoms with Crippen LogP contribution in [0.4, 0.5) is 0 Å². The molecule has 4 nitrogen and oxygen atoms in total. The molecule has 0 aliphatic heterocycles. The maximum atomic E-state index is 11.6. The Kier molecular flexibility index (Phi) is 3.17. The van der Waals surface area contributed by atoms with Gasteiger partial charge in [-0.05, 0) is 19.1 Å². The molecule has 0 spiro atoms. The number of aryl methyl sites for hydroxylation is 1. The van der Waals surface area contributed by atoms with E-state index in [1.807, 2.05) is 25.1 Å². The third-order valence-electron chi connectivity index (χ3n) is 2.12. The minimum absolute atomic E-state index is 0.123. The van der Waals surface area contributed by atoms with Crippen molar-refractivity contribution in [1.82, 2.24) is 10.3 Å². The number of nitrogens with zero attached hydrogens (tertiary/aromatic N) is 1. The summed E-state index contributed by atoms with van der Waals surface area (Å²) in [6.45, 7) is 2.16. The van der Waals surface area contributed by atoms with E-state index in [4.69, 9.17) is 4.74 Å². The lowest BCUT2D eigenvalue weighted by Gasteiger charge is -1.99. The quantitative estimate of drug-likeness (QED) is 0.828. The molecular weight excluding hydrogens is 224 g/mol. The number of aromatic nitrogens is 1. The number of thiophene rings is 1. The third-order valence-corrected chi connectivity index (χ3v) is 3.17. The average molecular weight is 236 g/mol. The molecule has 5 heteroatoms. The summed E-state index contributed by atoms with van der Waals surface area (Å²) in [5.74, 6) is -0.123. The van der Waals surface area contributed by atoms with Crippen LogP contribution in [0.3, 0.4) is 0 Å². The highest BCUT2D eigenvalue weighted by molar-refractivity contribution is 7.20. The highest BCUT2D eigenvalue weighted by Gasteiger charge is 2.10. The molecule has 0 aliphatic carbocycles. The number of fused-ring (bicyclic) bond motifs is 1. The zero-order valence-corrected chi connectivity index (χ0v) is 9.93. The number of pyridine rings is 1. The van der Waals surface area contributed by atoms with Crippen molar-refractivity contribution in [3.05, 3.63) is 28.8 Å². The smallest absolute Gasteiger partial charge is 0.263 e. The molecule has 2 rings (SSSR count). The molecule has 2 heterocycles. The number of carbonyl (C=O) groups is 1. The second-order valence-corrected chi connectivity index (χ2v) is 4.43. The summed E-state index contributed by atoms with van der Waals surface area (Å²) in [7, 11) is 1.54. The lowest BCUT2D eigenvalue weighted by atomic mass is 10.3. The molecule has 0 bridgehead atoms. The van der Waals surface area contributed by atoms with Gasteiger partial charge < -0.3 is 10.1 Å². The van der Waals surface area contributed by atoms with Crippen LogP contribution in [-0.2, 0) is 4.74 Å². The first-order valence-corrected chi connectivity index (χ1v) is 5.66. The number of methoxy groups -OCH3 is 1. The number of carbonyl (C=O) groups excluding carboxylic acids is 1. The van der Waals surface area contributed by atoms with Gasteiger partial charge in [0, 0.05) is 18.2 Å². The Balaban J connectivity index is 2.28. The van der Waals surface area contributed by atoms with Crippen LogP contribution in [0.25, 0.3) is 10.2 Å². The Morgan fingerprint density at radius 2 is 2.38 bits per heavy atom. The molecule has 0 saturated carbocycles. The number of hydrogen-bond donors (Lipinski definition) is 1. The normalized spacial score (nSPS) is 10.6. The first-order chi connectivity index (χ1) is 7.70. The monoisotopic (exact) mass is 236 g/mol. The van der Waals surface area contributed by atoms with E-state index in [-0.39, 0.29) is 12.6 Å². The van der Waals surface area contributed by atoms with E-state index < -0.39 is 0 Å². The van der Waals surface area contributed by atoms with Crippen LogP contribution < -0.4 is 5.32 Å². The zero-order chi connectivity index (χ0) is 11.5. The van der Waals surface area contributed by atoms with Gasteiger partial charge in [0.05, 0.1) is 4.88 Å². The van der Waals surface area contributed by atoms with Crippen molar-refractivity contribution in [2.24, 2.45) is 0 Å². The van der Waals surface area contributed by atoms with E-state index in [2.05, 4.69) is 10.3 Å². The molecule has 16 heavy (non-hydrogen) atoms. The summed E-state index contributed by atoms with van der Waals surface area (Å²) in [5, 5.41) is 3.64. The van der Waals surface area contributed by atoms with Gasteiger partial charge in [0.25, 0.3) is 5.91 Å². The summed E-state index contributed by atoms with van der Waals surface area (Å²) < 4.78 is 4.78.